The van der Waals surface area contributed by atoms with Crippen molar-refractivity contribution < 1.29 is 0 Å². The third kappa shape index (κ3) is 2.07. The van der Waals surface area contributed by atoms with E-state index in [1.54, 1.807) is 0 Å². The van der Waals surface area contributed by atoms with Crippen molar-refractivity contribution in [1.29, 1.82) is 0 Å². The largest absolute Gasteiger partial charge is 0.261 e. The standard InChI is InChI=1S/C14H15N/c1-10-4-6-13(8-11(10)2)14-7-5-12(3)15-9-14/h4-9H,1-3H3. The van der Waals surface area contributed by atoms with Crippen LogP contribution in [0.25, 0.3) is 11.1 Å². The Hall–Kier alpha value is -1.63. The van der Waals surface area contributed by atoms with E-state index in [9.17, 15) is 0 Å². The van der Waals surface area contributed by atoms with E-state index in [0.717, 1.165) is 5.69 Å². The van der Waals surface area contributed by atoms with Crippen LogP contribution in [0.5, 0.6) is 0 Å². The normalized spacial score (nSPS) is 10.3. The molecule has 0 saturated carbocycles. The predicted octanol–water partition coefficient (Wildman–Crippen LogP) is 3.67. The summed E-state index contributed by atoms with van der Waals surface area (Å²) in [6, 6.07) is 10.7. The van der Waals surface area contributed by atoms with Gasteiger partial charge in [0.05, 0.1) is 0 Å². The number of hydrogen-bond acceptors (Lipinski definition) is 1. The van der Waals surface area contributed by atoms with Gasteiger partial charge in [0.15, 0.2) is 0 Å². The molecule has 0 atom stereocenters. The van der Waals surface area contributed by atoms with Crippen molar-refractivity contribution in [2.75, 3.05) is 0 Å². The Morgan fingerprint density at radius 1 is 0.800 bits per heavy atom. The van der Waals surface area contributed by atoms with E-state index in [2.05, 4.69) is 43.1 Å². The Morgan fingerprint density at radius 2 is 1.53 bits per heavy atom. The second kappa shape index (κ2) is 3.85. The van der Waals surface area contributed by atoms with Crippen molar-refractivity contribution >= 4 is 0 Å². The first kappa shape index (κ1) is 9.91. The minimum Gasteiger partial charge on any atom is -0.261 e. The molecule has 2 aromatic rings. The molecule has 0 amide bonds. The zero-order valence-corrected chi connectivity index (χ0v) is 9.41. The molecule has 76 valence electrons. The zero-order valence-electron chi connectivity index (χ0n) is 9.41. The first-order chi connectivity index (χ1) is 7.16. The highest BCUT2D eigenvalue weighted by Crippen LogP contribution is 2.21. The molecule has 0 aliphatic carbocycles. The van der Waals surface area contributed by atoms with Crippen LogP contribution in [-0.4, -0.2) is 4.98 Å². The number of nitrogens with zero attached hydrogens (tertiary/aromatic N) is 1. The lowest BCUT2D eigenvalue weighted by molar-refractivity contribution is 1.20. The van der Waals surface area contributed by atoms with Crippen LogP contribution in [0, 0.1) is 20.8 Å². The van der Waals surface area contributed by atoms with Gasteiger partial charge in [0.1, 0.15) is 0 Å². The molecule has 1 aromatic carbocycles. The van der Waals surface area contributed by atoms with E-state index in [-0.39, 0.29) is 0 Å². The molecular weight excluding hydrogens is 182 g/mol. The third-order valence-corrected chi connectivity index (χ3v) is 2.75. The van der Waals surface area contributed by atoms with Gasteiger partial charge in [-0.1, -0.05) is 24.3 Å². The summed E-state index contributed by atoms with van der Waals surface area (Å²) in [5.41, 5.74) is 6.14. The Labute approximate surface area is 90.8 Å². The van der Waals surface area contributed by atoms with Crippen molar-refractivity contribution in [3.8, 4) is 11.1 Å². The monoisotopic (exact) mass is 197 g/mol. The quantitative estimate of drug-likeness (QED) is 0.679. The second-order valence-electron chi connectivity index (χ2n) is 3.99. The maximum absolute atomic E-state index is 4.31. The summed E-state index contributed by atoms with van der Waals surface area (Å²) in [7, 11) is 0. The maximum atomic E-state index is 4.31. The topological polar surface area (TPSA) is 12.9 Å². The van der Waals surface area contributed by atoms with E-state index >= 15 is 0 Å². The van der Waals surface area contributed by atoms with Gasteiger partial charge in [-0.15, -0.1) is 0 Å². The molecule has 0 spiro atoms. The molecule has 15 heavy (non-hydrogen) atoms. The van der Waals surface area contributed by atoms with Crippen molar-refractivity contribution in [3.63, 3.8) is 0 Å². The van der Waals surface area contributed by atoms with E-state index in [4.69, 9.17) is 0 Å². The molecule has 1 heteroatoms. The molecule has 1 nitrogen and oxygen atoms in total. The highest BCUT2D eigenvalue weighted by atomic mass is 14.7. The van der Waals surface area contributed by atoms with Gasteiger partial charge in [-0.05, 0) is 43.5 Å². The average molecular weight is 197 g/mol. The molecule has 1 aromatic heterocycles. The summed E-state index contributed by atoms with van der Waals surface area (Å²) in [5.74, 6) is 0. The molecule has 1 heterocycles. The van der Waals surface area contributed by atoms with Crippen LogP contribution in [0.4, 0.5) is 0 Å². The Morgan fingerprint density at radius 3 is 2.13 bits per heavy atom. The average Bonchev–Trinajstić information content (AvgIpc) is 2.23. The smallest absolute Gasteiger partial charge is 0.0373 e. The number of aromatic nitrogens is 1. The summed E-state index contributed by atoms with van der Waals surface area (Å²) in [5, 5.41) is 0. The van der Waals surface area contributed by atoms with E-state index in [1.807, 2.05) is 19.2 Å². The number of aryl methyl sites for hydroxylation is 3. The summed E-state index contributed by atoms with van der Waals surface area (Å²) >= 11 is 0. The summed E-state index contributed by atoms with van der Waals surface area (Å²) < 4.78 is 0. The Bertz CT molecular complexity index is 469. The van der Waals surface area contributed by atoms with Gasteiger partial charge in [0, 0.05) is 17.5 Å². The SMILES string of the molecule is Cc1ccc(-c2ccc(C)c(C)c2)cn1. The minimum atomic E-state index is 1.06. The van der Waals surface area contributed by atoms with Crippen molar-refractivity contribution in [3.05, 3.63) is 53.3 Å². The molecule has 0 unspecified atom stereocenters. The van der Waals surface area contributed by atoms with Crippen LogP contribution >= 0.6 is 0 Å². The molecule has 0 bridgehead atoms. The second-order valence-corrected chi connectivity index (χ2v) is 3.99. The number of rotatable bonds is 1. The molecule has 2 rings (SSSR count). The van der Waals surface area contributed by atoms with E-state index in [1.165, 1.54) is 22.3 Å². The zero-order chi connectivity index (χ0) is 10.8. The maximum Gasteiger partial charge on any atom is 0.0373 e. The summed E-state index contributed by atoms with van der Waals surface area (Å²) in [4.78, 5) is 4.31. The molecule has 0 fully saturated rings. The molecular formula is C14H15N. The lowest BCUT2D eigenvalue weighted by atomic mass is 10.0. The highest BCUT2D eigenvalue weighted by Gasteiger charge is 1.99. The van der Waals surface area contributed by atoms with Crippen molar-refractivity contribution in [2.24, 2.45) is 0 Å². The molecule has 0 saturated heterocycles. The summed E-state index contributed by atoms with van der Waals surface area (Å²) in [6.07, 6.45) is 1.93. The molecule has 0 aliphatic rings. The molecule has 0 N–H and O–H groups in total. The van der Waals surface area contributed by atoms with Gasteiger partial charge < -0.3 is 0 Å². The van der Waals surface area contributed by atoms with Crippen molar-refractivity contribution in [2.45, 2.75) is 20.8 Å². The fraction of sp³-hybridized carbons (Fsp3) is 0.214. The highest BCUT2D eigenvalue weighted by molar-refractivity contribution is 5.63. The van der Waals surface area contributed by atoms with Crippen LogP contribution in [0.15, 0.2) is 36.5 Å². The van der Waals surface area contributed by atoms with Gasteiger partial charge in [0.2, 0.25) is 0 Å². The predicted molar refractivity (Wildman–Crippen MR) is 63.9 cm³/mol. The van der Waals surface area contributed by atoms with Gasteiger partial charge >= 0.3 is 0 Å². The molecule has 0 radical (unpaired) electrons. The van der Waals surface area contributed by atoms with Crippen LogP contribution < -0.4 is 0 Å². The van der Waals surface area contributed by atoms with Crippen LogP contribution in [-0.2, 0) is 0 Å². The van der Waals surface area contributed by atoms with Gasteiger partial charge in [-0.3, -0.25) is 4.98 Å². The van der Waals surface area contributed by atoms with Crippen LogP contribution in [0.1, 0.15) is 16.8 Å². The van der Waals surface area contributed by atoms with Crippen molar-refractivity contribution in [1.82, 2.24) is 4.98 Å². The Balaban J connectivity index is 2.45. The number of pyridine rings is 1. The summed E-state index contributed by atoms with van der Waals surface area (Å²) in [6.45, 7) is 6.27. The number of hydrogen-bond donors (Lipinski definition) is 0. The fourth-order valence-electron chi connectivity index (χ4n) is 1.56. The van der Waals surface area contributed by atoms with Gasteiger partial charge in [0.25, 0.3) is 0 Å². The van der Waals surface area contributed by atoms with Gasteiger partial charge in [-0.2, -0.15) is 0 Å². The fourth-order valence-corrected chi connectivity index (χ4v) is 1.56. The minimum absolute atomic E-state index is 1.06. The number of benzene rings is 1. The third-order valence-electron chi connectivity index (χ3n) is 2.75. The molecule has 0 aliphatic heterocycles. The van der Waals surface area contributed by atoms with Gasteiger partial charge in [-0.25, -0.2) is 0 Å². The van der Waals surface area contributed by atoms with E-state index < -0.39 is 0 Å². The Kier molecular flexibility index (Phi) is 2.55. The van der Waals surface area contributed by atoms with E-state index in [0.29, 0.717) is 0 Å². The van der Waals surface area contributed by atoms with Crippen LogP contribution in [0.3, 0.4) is 0 Å². The lowest BCUT2D eigenvalue weighted by Gasteiger charge is -2.05. The lowest BCUT2D eigenvalue weighted by Crippen LogP contribution is -1.85. The first-order valence-corrected chi connectivity index (χ1v) is 5.17. The van der Waals surface area contributed by atoms with Crippen LogP contribution in [0.2, 0.25) is 0 Å². The first-order valence-electron chi connectivity index (χ1n) is 5.17.